The minimum absolute atomic E-state index is 0.343. The first kappa shape index (κ1) is 14.4. The van der Waals surface area contributed by atoms with Gasteiger partial charge >= 0.3 is 0 Å². The fourth-order valence-electron chi connectivity index (χ4n) is 1.58. The molecule has 0 aliphatic carbocycles. The normalized spacial score (nSPS) is 10.1. The van der Waals surface area contributed by atoms with Crippen molar-refractivity contribution in [1.29, 1.82) is 0 Å². The summed E-state index contributed by atoms with van der Waals surface area (Å²) in [5, 5.41) is 0. The molecule has 20 heavy (non-hydrogen) atoms. The zero-order chi connectivity index (χ0) is 14.4. The number of hydrogen-bond acceptors (Lipinski definition) is 5. The number of methoxy groups -OCH3 is 1. The van der Waals surface area contributed by atoms with Gasteiger partial charge in [-0.1, -0.05) is 6.07 Å². The van der Waals surface area contributed by atoms with Crippen molar-refractivity contribution >= 4 is 17.7 Å². The first-order valence-corrected chi connectivity index (χ1v) is 6.94. The number of nitrogen functional groups attached to an aromatic ring is 1. The molecule has 3 N–H and O–H groups in total. The van der Waals surface area contributed by atoms with E-state index in [1.54, 1.807) is 24.9 Å². The summed E-state index contributed by atoms with van der Waals surface area (Å²) < 4.78 is 5.18. The number of nitrogens with two attached hydrogens (primary N) is 1. The number of amides is 1. The molecule has 104 valence electrons. The van der Waals surface area contributed by atoms with Gasteiger partial charge in [-0.05, 0) is 30.3 Å². The Bertz CT molecular complexity index is 587. The van der Waals surface area contributed by atoms with Gasteiger partial charge in [0.25, 0.3) is 5.91 Å². The second-order valence-corrected chi connectivity index (χ2v) is 5.03. The lowest BCUT2D eigenvalue weighted by molar-refractivity contribution is 0.0953. The van der Waals surface area contributed by atoms with Crippen LogP contribution in [0.5, 0.6) is 5.75 Å². The van der Waals surface area contributed by atoms with E-state index in [9.17, 15) is 4.79 Å². The van der Waals surface area contributed by atoms with Gasteiger partial charge in [-0.25, -0.2) is 5.84 Å². The second-order valence-electron chi connectivity index (χ2n) is 3.98. The van der Waals surface area contributed by atoms with Crippen LogP contribution < -0.4 is 16.0 Å². The molecule has 0 aliphatic rings. The molecule has 0 fully saturated rings. The molecular formula is C14H15N3O2S. The van der Waals surface area contributed by atoms with Gasteiger partial charge in [-0.2, -0.15) is 0 Å². The molecule has 0 radical (unpaired) electrons. The summed E-state index contributed by atoms with van der Waals surface area (Å²) in [6, 6.07) is 11.4. The second kappa shape index (κ2) is 6.93. The lowest BCUT2D eigenvalue weighted by Crippen LogP contribution is -2.30. The fourth-order valence-corrected chi connectivity index (χ4v) is 2.44. The van der Waals surface area contributed by atoms with E-state index < -0.39 is 0 Å². The molecule has 0 atom stereocenters. The van der Waals surface area contributed by atoms with E-state index >= 15 is 0 Å². The maximum atomic E-state index is 11.3. The van der Waals surface area contributed by atoms with Crippen molar-refractivity contribution in [2.75, 3.05) is 7.11 Å². The lowest BCUT2D eigenvalue weighted by atomic mass is 10.2. The quantitative estimate of drug-likeness (QED) is 0.381. The smallest absolute Gasteiger partial charge is 0.266 e. The summed E-state index contributed by atoms with van der Waals surface area (Å²) in [5.41, 5.74) is 3.41. The van der Waals surface area contributed by atoms with Crippen molar-refractivity contribution in [3.63, 3.8) is 0 Å². The Kier molecular flexibility index (Phi) is 4.97. The number of carbonyl (C=O) groups is 1. The summed E-state index contributed by atoms with van der Waals surface area (Å²) in [5.74, 6) is 6.27. The minimum atomic E-state index is -0.343. The molecule has 6 heteroatoms. The number of pyridine rings is 1. The van der Waals surface area contributed by atoms with Gasteiger partial charge < -0.3 is 4.74 Å². The first-order valence-electron chi connectivity index (χ1n) is 5.95. The number of nitrogens with one attached hydrogen (secondary N) is 1. The molecule has 0 aliphatic heterocycles. The van der Waals surface area contributed by atoms with Crippen LogP contribution in [-0.2, 0) is 5.75 Å². The largest absolute Gasteiger partial charge is 0.497 e. The van der Waals surface area contributed by atoms with Gasteiger partial charge in [0, 0.05) is 16.8 Å². The summed E-state index contributed by atoms with van der Waals surface area (Å²) in [6.45, 7) is 0. The van der Waals surface area contributed by atoms with E-state index in [4.69, 9.17) is 10.6 Å². The third-order valence-corrected chi connectivity index (χ3v) is 3.67. The Morgan fingerprint density at radius 1 is 1.40 bits per heavy atom. The molecule has 0 bridgehead atoms. The van der Waals surface area contributed by atoms with Crippen molar-refractivity contribution in [2.24, 2.45) is 5.84 Å². The summed E-state index contributed by atoms with van der Waals surface area (Å²) in [4.78, 5) is 16.6. The summed E-state index contributed by atoms with van der Waals surface area (Å²) in [6.07, 6.45) is 1.52. The highest BCUT2D eigenvalue weighted by atomic mass is 32.2. The SMILES string of the molecule is COc1cccc(SCc2ccc(C(=O)NN)cn2)c1. The van der Waals surface area contributed by atoms with E-state index in [0.29, 0.717) is 5.56 Å². The van der Waals surface area contributed by atoms with E-state index in [1.165, 1.54) is 6.20 Å². The van der Waals surface area contributed by atoms with Crippen LogP contribution in [-0.4, -0.2) is 18.0 Å². The van der Waals surface area contributed by atoms with Crippen LogP contribution in [0, 0.1) is 0 Å². The Hall–Kier alpha value is -2.05. The van der Waals surface area contributed by atoms with E-state index in [0.717, 1.165) is 22.1 Å². The zero-order valence-corrected chi connectivity index (χ0v) is 11.8. The van der Waals surface area contributed by atoms with Crippen LogP contribution in [0.3, 0.4) is 0 Å². The maximum Gasteiger partial charge on any atom is 0.266 e. The van der Waals surface area contributed by atoms with Crippen molar-refractivity contribution in [3.8, 4) is 5.75 Å². The minimum Gasteiger partial charge on any atom is -0.497 e. The molecule has 0 spiro atoms. The third-order valence-electron chi connectivity index (χ3n) is 2.65. The van der Waals surface area contributed by atoms with E-state index in [-0.39, 0.29) is 5.91 Å². The molecule has 1 aromatic heterocycles. The molecule has 5 nitrogen and oxygen atoms in total. The highest BCUT2D eigenvalue weighted by molar-refractivity contribution is 7.98. The number of ether oxygens (including phenoxy) is 1. The number of hydrogen-bond donors (Lipinski definition) is 2. The van der Waals surface area contributed by atoms with Crippen molar-refractivity contribution in [1.82, 2.24) is 10.4 Å². The predicted molar refractivity (Wildman–Crippen MR) is 78.4 cm³/mol. The van der Waals surface area contributed by atoms with E-state index in [2.05, 4.69) is 10.4 Å². The number of carbonyl (C=O) groups excluding carboxylic acids is 1. The van der Waals surface area contributed by atoms with Crippen LogP contribution >= 0.6 is 11.8 Å². The third kappa shape index (κ3) is 3.72. The average molecular weight is 289 g/mol. The summed E-state index contributed by atoms with van der Waals surface area (Å²) >= 11 is 1.66. The van der Waals surface area contributed by atoms with E-state index in [1.807, 2.05) is 30.3 Å². The zero-order valence-electron chi connectivity index (χ0n) is 11.0. The fraction of sp³-hybridized carbons (Fsp3) is 0.143. The molecule has 1 heterocycles. The standard InChI is InChI=1S/C14H15N3O2S/c1-19-12-3-2-4-13(7-12)20-9-11-6-5-10(8-16-11)14(18)17-15/h2-8H,9,15H2,1H3,(H,17,18). The van der Waals surface area contributed by atoms with Crippen molar-refractivity contribution in [3.05, 3.63) is 53.9 Å². The monoisotopic (exact) mass is 289 g/mol. The molecule has 0 saturated heterocycles. The molecule has 0 saturated carbocycles. The average Bonchev–Trinajstić information content (AvgIpc) is 2.53. The number of hydrazine groups is 1. The number of rotatable bonds is 5. The molecule has 1 amide bonds. The highest BCUT2D eigenvalue weighted by Crippen LogP contribution is 2.25. The molecule has 2 aromatic rings. The van der Waals surface area contributed by atoms with Gasteiger partial charge in [0.2, 0.25) is 0 Å². The topological polar surface area (TPSA) is 77.2 Å². The number of nitrogens with zero attached hydrogens (tertiary/aromatic N) is 1. The lowest BCUT2D eigenvalue weighted by Gasteiger charge is -2.05. The number of thioether (sulfide) groups is 1. The Morgan fingerprint density at radius 2 is 2.25 bits per heavy atom. The molecular weight excluding hydrogens is 274 g/mol. The predicted octanol–water partition coefficient (Wildman–Crippen LogP) is 1.99. The van der Waals surface area contributed by atoms with Gasteiger partial charge in [-0.3, -0.25) is 15.2 Å². The Balaban J connectivity index is 1.98. The maximum absolute atomic E-state index is 11.3. The van der Waals surface area contributed by atoms with Gasteiger partial charge in [0.1, 0.15) is 5.75 Å². The van der Waals surface area contributed by atoms with Crippen LogP contribution in [0.1, 0.15) is 16.1 Å². The Labute approximate surface area is 121 Å². The Morgan fingerprint density at radius 3 is 2.90 bits per heavy atom. The summed E-state index contributed by atoms with van der Waals surface area (Å²) in [7, 11) is 1.65. The molecule has 0 unspecified atom stereocenters. The van der Waals surface area contributed by atoms with Crippen molar-refractivity contribution < 1.29 is 9.53 Å². The van der Waals surface area contributed by atoms with Crippen LogP contribution in [0.15, 0.2) is 47.5 Å². The number of benzene rings is 1. The van der Waals surface area contributed by atoms with Crippen LogP contribution in [0.2, 0.25) is 0 Å². The van der Waals surface area contributed by atoms with Gasteiger partial charge in [0.05, 0.1) is 18.4 Å². The van der Waals surface area contributed by atoms with Gasteiger partial charge in [0.15, 0.2) is 0 Å². The van der Waals surface area contributed by atoms with Crippen molar-refractivity contribution in [2.45, 2.75) is 10.6 Å². The van der Waals surface area contributed by atoms with Crippen LogP contribution in [0.25, 0.3) is 0 Å². The van der Waals surface area contributed by atoms with Crippen LogP contribution in [0.4, 0.5) is 0 Å². The first-order chi connectivity index (χ1) is 9.72. The highest BCUT2D eigenvalue weighted by Gasteiger charge is 2.04. The van der Waals surface area contributed by atoms with Gasteiger partial charge in [-0.15, -0.1) is 11.8 Å². The molecule has 1 aromatic carbocycles. The molecule has 2 rings (SSSR count). The number of aromatic nitrogens is 1.